The van der Waals surface area contributed by atoms with Gasteiger partial charge in [-0.1, -0.05) is 23.9 Å². The van der Waals surface area contributed by atoms with Crippen LogP contribution in [0.5, 0.6) is 17.2 Å². The lowest BCUT2D eigenvalue weighted by Crippen LogP contribution is -2.04. The van der Waals surface area contributed by atoms with Crippen molar-refractivity contribution in [2.24, 2.45) is 0 Å². The lowest BCUT2D eigenvalue weighted by atomic mass is 10.2. The molecule has 0 aliphatic heterocycles. The monoisotopic (exact) mass is 372 g/mol. The largest absolute Gasteiger partial charge is 0.497 e. The highest BCUT2D eigenvalue weighted by atomic mass is 32.2. The maximum Gasteiger partial charge on any atom is 0.209 e. The zero-order chi connectivity index (χ0) is 18.4. The van der Waals surface area contributed by atoms with Gasteiger partial charge in [-0.3, -0.25) is 0 Å². The normalized spacial score (nSPS) is 10.6. The van der Waals surface area contributed by atoms with E-state index in [2.05, 4.69) is 15.5 Å². The van der Waals surface area contributed by atoms with Gasteiger partial charge >= 0.3 is 0 Å². The molecular weight excluding hydrogens is 352 g/mol. The molecule has 0 bridgehead atoms. The molecule has 0 aliphatic carbocycles. The summed E-state index contributed by atoms with van der Waals surface area (Å²) >= 11 is 1.55. The van der Waals surface area contributed by atoms with Crippen molar-refractivity contribution in [1.82, 2.24) is 20.2 Å². The van der Waals surface area contributed by atoms with E-state index < -0.39 is 0 Å². The van der Waals surface area contributed by atoms with Gasteiger partial charge in [0.05, 0.1) is 27.9 Å². The molecule has 0 unspecified atom stereocenters. The summed E-state index contributed by atoms with van der Waals surface area (Å²) in [6.07, 6.45) is 0. The Balaban J connectivity index is 1.71. The van der Waals surface area contributed by atoms with Crippen molar-refractivity contribution in [3.05, 3.63) is 53.6 Å². The Labute approximate surface area is 156 Å². The first-order valence-corrected chi connectivity index (χ1v) is 8.95. The van der Waals surface area contributed by atoms with Gasteiger partial charge in [0.25, 0.3) is 0 Å². The van der Waals surface area contributed by atoms with Crippen molar-refractivity contribution in [1.29, 1.82) is 0 Å². The first-order valence-electron chi connectivity index (χ1n) is 7.96. The summed E-state index contributed by atoms with van der Waals surface area (Å²) in [7, 11) is 4.95. The second-order valence-corrected chi connectivity index (χ2v) is 6.38. The molecule has 0 saturated carbocycles. The molecular formula is C18H20N4O3S. The Hall–Kier alpha value is -2.74. The number of benzene rings is 2. The number of hydrogen-bond acceptors (Lipinski definition) is 7. The molecule has 1 aromatic heterocycles. The number of nitrogens with zero attached hydrogens (tertiary/aromatic N) is 4. The van der Waals surface area contributed by atoms with Crippen LogP contribution in [0.25, 0.3) is 0 Å². The van der Waals surface area contributed by atoms with Crippen molar-refractivity contribution >= 4 is 11.8 Å². The number of thioether (sulfide) groups is 1. The molecule has 0 fully saturated rings. The van der Waals surface area contributed by atoms with Crippen LogP contribution in [0, 0.1) is 0 Å². The fraction of sp³-hybridized carbons (Fsp3) is 0.278. The van der Waals surface area contributed by atoms with Gasteiger partial charge in [-0.15, -0.1) is 5.10 Å². The topological polar surface area (TPSA) is 71.3 Å². The Kier molecular flexibility index (Phi) is 5.96. The molecule has 136 valence electrons. The molecule has 0 amide bonds. The van der Waals surface area contributed by atoms with E-state index in [0.717, 1.165) is 33.5 Å². The molecule has 0 N–H and O–H groups in total. The molecule has 3 aromatic rings. The molecule has 0 atom stereocenters. The highest BCUT2D eigenvalue weighted by molar-refractivity contribution is 7.98. The van der Waals surface area contributed by atoms with Gasteiger partial charge in [0.15, 0.2) is 0 Å². The van der Waals surface area contributed by atoms with Crippen LogP contribution in [0.2, 0.25) is 0 Å². The van der Waals surface area contributed by atoms with Gasteiger partial charge in [0.2, 0.25) is 5.16 Å². The van der Waals surface area contributed by atoms with Crippen molar-refractivity contribution in [2.45, 2.75) is 17.5 Å². The summed E-state index contributed by atoms with van der Waals surface area (Å²) in [6, 6.07) is 13.6. The zero-order valence-corrected chi connectivity index (χ0v) is 15.7. The number of tetrazole rings is 1. The van der Waals surface area contributed by atoms with Crippen molar-refractivity contribution < 1.29 is 14.2 Å². The Bertz CT molecular complexity index is 852. The van der Waals surface area contributed by atoms with Crippen LogP contribution in [0.3, 0.4) is 0 Å². The minimum atomic E-state index is 0.592. The van der Waals surface area contributed by atoms with E-state index in [1.807, 2.05) is 42.5 Å². The molecule has 7 nitrogen and oxygen atoms in total. The maximum absolute atomic E-state index is 5.42. The van der Waals surface area contributed by atoms with Gasteiger partial charge in [0.1, 0.15) is 17.2 Å². The average Bonchev–Trinajstić information content (AvgIpc) is 3.13. The molecule has 1 heterocycles. The fourth-order valence-electron chi connectivity index (χ4n) is 2.44. The Morgan fingerprint density at radius 1 is 0.923 bits per heavy atom. The van der Waals surface area contributed by atoms with Crippen molar-refractivity contribution in [2.75, 3.05) is 21.3 Å². The second-order valence-electron chi connectivity index (χ2n) is 5.43. The van der Waals surface area contributed by atoms with Crippen LogP contribution < -0.4 is 14.2 Å². The van der Waals surface area contributed by atoms with Gasteiger partial charge in [-0.2, -0.15) is 0 Å². The maximum atomic E-state index is 5.42. The molecule has 0 spiro atoms. The SMILES string of the molecule is COc1ccc(Cn2nnnc2SCc2cc(OC)ccc2OC)cc1. The van der Waals surface area contributed by atoms with Crippen LogP contribution in [-0.4, -0.2) is 41.5 Å². The molecule has 2 aromatic carbocycles. The van der Waals surface area contributed by atoms with E-state index in [4.69, 9.17) is 14.2 Å². The van der Waals surface area contributed by atoms with E-state index in [1.165, 1.54) is 0 Å². The number of ether oxygens (including phenoxy) is 3. The quantitative estimate of drug-likeness (QED) is 0.563. The summed E-state index contributed by atoms with van der Waals surface area (Å²) in [5.41, 5.74) is 2.12. The summed E-state index contributed by atoms with van der Waals surface area (Å²) in [4.78, 5) is 0. The molecule has 0 radical (unpaired) electrons. The van der Waals surface area contributed by atoms with Crippen LogP contribution in [-0.2, 0) is 12.3 Å². The lowest BCUT2D eigenvalue weighted by Gasteiger charge is -2.10. The summed E-state index contributed by atoms with van der Waals surface area (Å²) in [5, 5.41) is 12.8. The molecule has 26 heavy (non-hydrogen) atoms. The first kappa shape index (κ1) is 18.1. The predicted octanol–water partition coefficient (Wildman–Crippen LogP) is 3.04. The zero-order valence-electron chi connectivity index (χ0n) is 14.9. The molecule has 8 heteroatoms. The Morgan fingerprint density at radius 2 is 1.65 bits per heavy atom. The second kappa shape index (κ2) is 8.57. The van der Waals surface area contributed by atoms with Crippen molar-refractivity contribution in [3.63, 3.8) is 0 Å². The van der Waals surface area contributed by atoms with Crippen LogP contribution in [0.1, 0.15) is 11.1 Å². The highest BCUT2D eigenvalue weighted by Gasteiger charge is 2.11. The highest BCUT2D eigenvalue weighted by Crippen LogP contribution is 2.30. The third kappa shape index (κ3) is 4.26. The number of methoxy groups -OCH3 is 3. The minimum Gasteiger partial charge on any atom is -0.497 e. The number of rotatable bonds is 8. The van der Waals surface area contributed by atoms with E-state index in [0.29, 0.717) is 12.3 Å². The summed E-state index contributed by atoms with van der Waals surface area (Å²) < 4.78 is 17.7. The van der Waals surface area contributed by atoms with Crippen LogP contribution in [0.4, 0.5) is 0 Å². The number of aromatic nitrogens is 4. The molecule has 0 saturated heterocycles. The summed E-state index contributed by atoms with van der Waals surface area (Å²) in [6.45, 7) is 0.592. The third-order valence-corrected chi connectivity index (χ3v) is 4.84. The predicted molar refractivity (Wildman–Crippen MR) is 99.0 cm³/mol. The van der Waals surface area contributed by atoms with Gasteiger partial charge < -0.3 is 14.2 Å². The van der Waals surface area contributed by atoms with Gasteiger partial charge in [-0.05, 0) is 46.3 Å². The Morgan fingerprint density at radius 3 is 2.35 bits per heavy atom. The van der Waals surface area contributed by atoms with E-state index in [-0.39, 0.29) is 0 Å². The minimum absolute atomic E-state index is 0.592. The van der Waals surface area contributed by atoms with Crippen molar-refractivity contribution in [3.8, 4) is 17.2 Å². The number of hydrogen-bond donors (Lipinski definition) is 0. The third-order valence-electron chi connectivity index (χ3n) is 3.83. The van der Waals surface area contributed by atoms with E-state index >= 15 is 0 Å². The smallest absolute Gasteiger partial charge is 0.209 e. The van der Waals surface area contributed by atoms with E-state index in [1.54, 1.807) is 37.8 Å². The standard InChI is InChI=1S/C18H20N4O3S/c1-23-15-6-4-13(5-7-15)11-22-18(19-20-21-22)26-12-14-10-16(24-2)8-9-17(14)25-3/h4-10H,11-12H2,1-3H3. The summed E-state index contributed by atoms with van der Waals surface area (Å²) in [5.74, 6) is 3.10. The van der Waals surface area contributed by atoms with Crippen LogP contribution >= 0.6 is 11.8 Å². The molecule has 0 aliphatic rings. The van der Waals surface area contributed by atoms with Gasteiger partial charge in [0, 0.05) is 11.3 Å². The molecule has 3 rings (SSSR count). The van der Waals surface area contributed by atoms with Gasteiger partial charge in [-0.25, -0.2) is 4.68 Å². The lowest BCUT2D eigenvalue weighted by molar-refractivity contribution is 0.400. The van der Waals surface area contributed by atoms with E-state index in [9.17, 15) is 0 Å². The fourth-order valence-corrected chi connectivity index (χ4v) is 3.29. The average molecular weight is 372 g/mol. The van der Waals surface area contributed by atoms with Crippen LogP contribution in [0.15, 0.2) is 47.6 Å². The first-order chi connectivity index (χ1) is 12.7.